The first-order valence-electron chi connectivity index (χ1n) is 12.5. The molecule has 0 aliphatic carbocycles. The van der Waals surface area contributed by atoms with Crippen molar-refractivity contribution >= 4 is 28.5 Å². The molecule has 0 aliphatic heterocycles. The van der Waals surface area contributed by atoms with Crippen molar-refractivity contribution in [3.63, 3.8) is 0 Å². The zero-order chi connectivity index (χ0) is 27.2. The van der Waals surface area contributed by atoms with E-state index < -0.39 is 6.04 Å². The third-order valence-electron chi connectivity index (χ3n) is 6.40. The number of amides is 2. The van der Waals surface area contributed by atoms with Gasteiger partial charge in [-0.2, -0.15) is 0 Å². The van der Waals surface area contributed by atoms with E-state index in [1.54, 1.807) is 34.9 Å². The number of aryl methyl sites for hydroxylation is 1. The first kappa shape index (κ1) is 26.7. The van der Waals surface area contributed by atoms with E-state index in [0.29, 0.717) is 22.7 Å². The van der Waals surface area contributed by atoms with Gasteiger partial charge in [0.2, 0.25) is 11.8 Å². The second-order valence-corrected chi connectivity index (χ2v) is 9.49. The molecule has 0 bridgehead atoms. The monoisotopic (exact) mass is 515 g/mol. The topological polar surface area (TPSA) is 98.6 Å². The molecule has 0 spiro atoms. The Morgan fingerprint density at radius 2 is 1.74 bits per heavy atom. The van der Waals surface area contributed by atoms with Crippen molar-refractivity contribution in [3.8, 4) is 11.5 Å². The van der Waals surface area contributed by atoms with E-state index >= 15 is 0 Å². The van der Waals surface area contributed by atoms with Crippen molar-refractivity contribution < 1.29 is 19.1 Å². The molecule has 38 heavy (non-hydrogen) atoms. The fourth-order valence-corrected chi connectivity index (χ4v) is 4.40. The lowest BCUT2D eigenvalue weighted by Crippen LogP contribution is -2.50. The number of nitrogens with zero attached hydrogens (tertiary/aromatic N) is 4. The summed E-state index contributed by atoms with van der Waals surface area (Å²) in [6, 6.07) is 19.8. The standard InChI is InChI=1S/C29H33N5O4/c1-19(2)28(29(36)30-24-15-14-22(37-4)16-26(24)38-5)33(17-21-12-10-20(3)11-13-21)27(35)18-34-25-9-7-6-8-23(25)31-32-34/h6-16,19,28H,17-18H2,1-5H3,(H,30,36). The Morgan fingerprint density at radius 3 is 2.42 bits per heavy atom. The number of ether oxygens (including phenoxy) is 2. The maximum Gasteiger partial charge on any atom is 0.247 e. The minimum Gasteiger partial charge on any atom is -0.497 e. The van der Waals surface area contributed by atoms with E-state index in [-0.39, 0.29) is 30.8 Å². The number of carbonyl (C=O) groups excluding carboxylic acids is 2. The lowest BCUT2D eigenvalue weighted by molar-refractivity contribution is -0.141. The number of hydrogen-bond donors (Lipinski definition) is 1. The third kappa shape index (κ3) is 5.94. The maximum atomic E-state index is 13.9. The van der Waals surface area contributed by atoms with Gasteiger partial charge in [0.05, 0.1) is 25.4 Å². The lowest BCUT2D eigenvalue weighted by Gasteiger charge is -2.34. The van der Waals surface area contributed by atoms with Gasteiger partial charge in [0, 0.05) is 12.6 Å². The van der Waals surface area contributed by atoms with E-state index in [1.807, 2.05) is 69.3 Å². The number of nitrogens with one attached hydrogen (secondary N) is 1. The van der Waals surface area contributed by atoms with Gasteiger partial charge in [0.1, 0.15) is 29.6 Å². The number of para-hydroxylation sites is 1. The SMILES string of the molecule is COc1ccc(NC(=O)C(C(C)C)N(Cc2ccc(C)cc2)C(=O)Cn2nnc3ccccc32)c(OC)c1. The van der Waals surface area contributed by atoms with Crippen LogP contribution < -0.4 is 14.8 Å². The molecule has 0 fully saturated rings. The molecule has 4 aromatic rings. The van der Waals surface area contributed by atoms with E-state index in [0.717, 1.165) is 16.6 Å². The van der Waals surface area contributed by atoms with Crippen LogP contribution in [0.15, 0.2) is 66.7 Å². The van der Waals surface area contributed by atoms with Crippen LogP contribution in [0.3, 0.4) is 0 Å². The number of methoxy groups -OCH3 is 2. The Kier molecular flexibility index (Phi) is 8.25. The molecule has 2 amide bonds. The molecule has 9 heteroatoms. The van der Waals surface area contributed by atoms with Crippen LogP contribution in [-0.2, 0) is 22.7 Å². The summed E-state index contributed by atoms with van der Waals surface area (Å²) in [6.07, 6.45) is 0. The average Bonchev–Trinajstić information content (AvgIpc) is 3.32. The summed E-state index contributed by atoms with van der Waals surface area (Å²) in [5.74, 6) is 0.340. The van der Waals surface area contributed by atoms with Crippen LogP contribution >= 0.6 is 0 Å². The molecule has 1 unspecified atom stereocenters. The van der Waals surface area contributed by atoms with E-state index in [2.05, 4.69) is 15.6 Å². The van der Waals surface area contributed by atoms with Gasteiger partial charge in [-0.3, -0.25) is 9.59 Å². The predicted octanol–water partition coefficient (Wildman–Crippen LogP) is 4.45. The van der Waals surface area contributed by atoms with Gasteiger partial charge >= 0.3 is 0 Å². The summed E-state index contributed by atoms with van der Waals surface area (Å²) in [4.78, 5) is 29.2. The molecule has 0 aliphatic rings. The molecule has 1 atom stereocenters. The molecule has 4 rings (SSSR count). The number of hydrogen-bond acceptors (Lipinski definition) is 6. The van der Waals surface area contributed by atoms with Crippen LogP contribution in [0.25, 0.3) is 11.0 Å². The van der Waals surface area contributed by atoms with Crippen molar-refractivity contribution in [1.82, 2.24) is 19.9 Å². The zero-order valence-corrected chi connectivity index (χ0v) is 22.3. The highest BCUT2D eigenvalue weighted by Gasteiger charge is 2.33. The number of rotatable bonds is 10. The van der Waals surface area contributed by atoms with Gasteiger partial charge < -0.3 is 19.7 Å². The number of aromatic nitrogens is 3. The Balaban J connectivity index is 1.66. The van der Waals surface area contributed by atoms with Gasteiger partial charge in [0.25, 0.3) is 0 Å². The smallest absolute Gasteiger partial charge is 0.247 e. The molecule has 0 saturated carbocycles. The molecule has 0 radical (unpaired) electrons. The van der Waals surface area contributed by atoms with Crippen molar-refractivity contribution in [2.45, 2.75) is 39.9 Å². The van der Waals surface area contributed by atoms with Gasteiger partial charge in [-0.25, -0.2) is 4.68 Å². The number of fused-ring (bicyclic) bond motifs is 1. The summed E-state index contributed by atoms with van der Waals surface area (Å²) in [6.45, 7) is 6.08. The van der Waals surface area contributed by atoms with Gasteiger partial charge in [-0.1, -0.05) is 61.0 Å². The Labute approximate surface area is 222 Å². The molecule has 9 nitrogen and oxygen atoms in total. The summed E-state index contributed by atoms with van der Waals surface area (Å²) < 4.78 is 12.3. The Hall–Kier alpha value is -4.40. The molecule has 0 saturated heterocycles. The van der Waals surface area contributed by atoms with Crippen LogP contribution in [0.4, 0.5) is 5.69 Å². The lowest BCUT2D eigenvalue weighted by atomic mass is 9.99. The zero-order valence-electron chi connectivity index (χ0n) is 22.3. The molecular formula is C29H33N5O4. The largest absolute Gasteiger partial charge is 0.497 e. The Bertz CT molecular complexity index is 1410. The van der Waals surface area contributed by atoms with Crippen molar-refractivity contribution in [3.05, 3.63) is 77.9 Å². The van der Waals surface area contributed by atoms with Gasteiger partial charge in [-0.15, -0.1) is 5.10 Å². The number of carbonyl (C=O) groups is 2. The minimum atomic E-state index is -0.759. The van der Waals surface area contributed by atoms with Crippen molar-refractivity contribution in [2.75, 3.05) is 19.5 Å². The highest BCUT2D eigenvalue weighted by atomic mass is 16.5. The summed E-state index contributed by atoms with van der Waals surface area (Å²) >= 11 is 0. The molecular weight excluding hydrogens is 482 g/mol. The Morgan fingerprint density at radius 1 is 1.00 bits per heavy atom. The normalized spacial score (nSPS) is 11.8. The minimum absolute atomic E-state index is 0.0469. The molecule has 1 aromatic heterocycles. The summed E-state index contributed by atoms with van der Waals surface area (Å²) in [5.41, 5.74) is 3.99. The van der Waals surface area contributed by atoms with Gasteiger partial charge in [-0.05, 0) is 42.7 Å². The van der Waals surface area contributed by atoms with E-state index in [4.69, 9.17) is 9.47 Å². The fraction of sp³-hybridized carbons (Fsp3) is 0.310. The highest BCUT2D eigenvalue weighted by molar-refractivity contribution is 5.98. The predicted molar refractivity (Wildman–Crippen MR) is 146 cm³/mol. The quantitative estimate of drug-likeness (QED) is 0.335. The first-order valence-corrected chi connectivity index (χ1v) is 12.5. The first-order chi connectivity index (χ1) is 18.3. The highest BCUT2D eigenvalue weighted by Crippen LogP contribution is 2.30. The van der Waals surface area contributed by atoms with Crippen molar-refractivity contribution in [2.24, 2.45) is 5.92 Å². The average molecular weight is 516 g/mol. The van der Waals surface area contributed by atoms with Crippen LogP contribution in [-0.4, -0.2) is 52.0 Å². The van der Waals surface area contributed by atoms with E-state index in [1.165, 1.54) is 7.11 Å². The fourth-order valence-electron chi connectivity index (χ4n) is 4.40. The summed E-state index contributed by atoms with van der Waals surface area (Å²) in [7, 11) is 3.09. The summed E-state index contributed by atoms with van der Waals surface area (Å²) in [5, 5.41) is 11.3. The molecule has 3 aromatic carbocycles. The second-order valence-electron chi connectivity index (χ2n) is 9.49. The molecule has 1 N–H and O–H groups in total. The van der Waals surface area contributed by atoms with Crippen LogP contribution in [0.1, 0.15) is 25.0 Å². The number of anilines is 1. The van der Waals surface area contributed by atoms with Gasteiger partial charge in [0.15, 0.2) is 0 Å². The molecule has 1 heterocycles. The van der Waals surface area contributed by atoms with Crippen LogP contribution in [0.5, 0.6) is 11.5 Å². The van der Waals surface area contributed by atoms with Crippen molar-refractivity contribution in [1.29, 1.82) is 0 Å². The van der Waals surface area contributed by atoms with E-state index in [9.17, 15) is 9.59 Å². The molecule has 198 valence electrons. The second kappa shape index (κ2) is 11.8. The van der Waals surface area contributed by atoms with Crippen LogP contribution in [0, 0.1) is 12.8 Å². The number of benzene rings is 3. The maximum absolute atomic E-state index is 13.9. The van der Waals surface area contributed by atoms with Crippen LogP contribution in [0.2, 0.25) is 0 Å². The third-order valence-corrected chi connectivity index (χ3v) is 6.40.